The van der Waals surface area contributed by atoms with E-state index in [1.54, 1.807) is 18.2 Å². The fraction of sp³-hybridized carbons (Fsp3) is 0.0526. The molecule has 2 heterocycles. The molecule has 0 aliphatic heterocycles. The van der Waals surface area contributed by atoms with Crippen LogP contribution in [0.1, 0.15) is 21.0 Å². The highest BCUT2D eigenvalue weighted by Crippen LogP contribution is 2.15. The number of nitrogens with one attached hydrogen (secondary N) is 2. The number of thiophene rings is 1. The summed E-state index contributed by atoms with van der Waals surface area (Å²) in [7, 11) is 0. The molecule has 6 heteroatoms. The van der Waals surface area contributed by atoms with Crippen LogP contribution in [-0.4, -0.2) is 11.8 Å². The summed E-state index contributed by atoms with van der Waals surface area (Å²) >= 11 is 1.47. The Morgan fingerprint density at radius 1 is 1.12 bits per heavy atom. The van der Waals surface area contributed by atoms with Crippen LogP contribution in [0.3, 0.4) is 0 Å². The number of benzene rings is 1. The molecule has 2 N–H and O–H groups in total. The van der Waals surface area contributed by atoms with Gasteiger partial charge in [-0.3, -0.25) is 9.59 Å². The van der Waals surface area contributed by atoms with Crippen molar-refractivity contribution >= 4 is 34.9 Å². The highest BCUT2D eigenvalue weighted by molar-refractivity contribution is 7.10. The Morgan fingerprint density at radius 3 is 2.68 bits per heavy atom. The van der Waals surface area contributed by atoms with Crippen LogP contribution in [0.5, 0.6) is 0 Å². The Kier molecular flexibility index (Phi) is 5.11. The molecule has 2 aromatic heterocycles. The van der Waals surface area contributed by atoms with Gasteiger partial charge in [0.1, 0.15) is 5.70 Å². The Hall–Kier alpha value is -3.12. The Morgan fingerprint density at radius 2 is 2.00 bits per heavy atom. The average Bonchev–Trinajstić information content (AvgIpc) is 3.28. The third kappa shape index (κ3) is 4.45. The van der Waals surface area contributed by atoms with Gasteiger partial charge in [-0.1, -0.05) is 18.2 Å². The first-order valence-electron chi connectivity index (χ1n) is 7.60. The number of carbonyl (C=O) groups excluding carboxylic acids is 2. The summed E-state index contributed by atoms with van der Waals surface area (Å²) in [5, 5.41) is 7.31. The van der Waals surface area contributed by atoms with Crippen LogP contribution < -0.4 is 10.6 Å². The van der Waals surface area contributed by atoms with E-state index in [1.165, 1.54) is 23.7 Å². The number of hydrogen-bond acceptors (Lipinski definition) is 4. The molecule has 0 atom stereocenters. The lowest BCUT2D eigenvalue weighted by atomic mass is 10.2. The van der Waals surface area contributed by atoms with Gasteiger partial charge in [0.05, 0.1) is 6.26 Å². The second-order valence-electron chi connectivity index (χ2n) is 5.33. The van der Waals surface area contributed by atoms with Crippen LogP contribution in [0.15, 0.2) is 70.3 Å². The Bertz CT molecular complexity index is 897. The summed E-state index contributed by atoms with van der Waals surface area (Å²) in [6.07, 6.45) is 3.04. The maximum atomic E-state index is 12.6. The first-order valence-corrected chi connectivity index (χ1v) is 8.48. The molecule has 1 aromatic carbocycles. The van der Waals surface area contributed by atoms with Crippen molar-refractivity contribution in [3.63, 3.8) is 0 Å². The largest absolute Gasteiger partial charge is 0.459 e. The molecule has 2 amide bonds. The van der Waals surface area contributed by atoms with Crippen molar-refractivity contribution in [2.75, 3.05) is 5.32 Å². The number of anilines is 1. The third-order valence-electron chi connectivity index (χ3n) is 3.34. The van der Waals surface area contributed by atoms with Gasteiger partial charge in [-0.2, -0.15) is 0 Å². The topological polar surface area (TPSA) is 71.3 Å². The van der Waals surface area contributed by atoms with E-state index in [-0.39, 0.29) is 11.5 Å². The van der Waals surface area contributed by atoms with Gasteiger partial charge < -0.3 is 15.1 Å². The van der Waals surface area contributed by atoms with E-state index in [4.69, 9.17) is 4.42 Å². The van der Waals surface area contributed by atoms with Crippen molar-refractivity contribution in [1.29, 1.82) is 0 Å². The maximum Gasteiger partial charge on any atom is 0.291 e. The van der Waals surface area contributed by atoms with Crippen LogP contribution in [0, 0.1) is 6.92 Å². The molecule has 0 aliphatic carbocycles. The predicted octanol–water partition coefficient (Wildman–Crippen LogP) is 4.06. The van der Waals surface area contributed by atoms with Crippen molar-refractivity contribution in [2.45, 2.75) is 6.92 Å². The number of aryl methyl sites for hydroxylation is 1. The average molecular weight is 352 g/mol. The summed E-state index contributed by atoms with van der Waals surface area (Å²) in [6, 6.07) is 14.3. The van der Waals surface area contributed by atoms with Gasteiger partial charge in [-0.25, -0.2) is 0 Å². The molecule has 0 fully saturated rings. The minimum atomic E-state index is -0.479. The molecular weight excluding hydrogens is 336 g/mol. The lowest BCUT2D eigenvalue weighted by molar-refractivity contribution is -0.113. The van der Waals surface area contributed by atoms with E-state index in [9.17, 15) is 9.59 Å². The molecular formula is C19H16N2O3S. The number of amides is 2. The van der Waals surface area contributed by atoms with Crippen LogP contribution in [0.25, 0.3) is 6.08 Å². The highest BCUT2D eigenvalue weighted by atomic mass is 32.1. The minimum absolute atomic E-state index is 0.139. The molecule has 5 nitrogen and oxygen atoms in total. The number of carbonyl (C=O) groups is 2. The number of rotatable bonds is 5. The predicted molar refractivity (Wildman–Crippen MR) is 98.3 cm³/mol. The van der Waals surface area contributed by atoms with Gasteiger partial charge in [0.25, 0.3) is 11.8 Å². The first-order chi connectivity index (χ1) is 12.1. The quantitative estimate of drug-likeness (QED) is 0.680. The zero-order valence-corrected chi connectivity index (χ0v) is 14.3. The van der Waals surface area contributed by atoms with Crippen molar-refractivity contribution in [3.8, 4) is 0 Å². The third-order valence-corrected chi connectivity index (χ3v) is 4.16. The smallest absolute Gasteiger partial charge is 0.291 e. The van der Waals surface area contributed by atoms with Gasteiger partial charge in [-0.05, 0) is 54.3 Å². The van der Waals surface area contributed by atoms with Crippen LogP contribution in [-0.2, 0) is 4.79 Å². The molecule has 0 radical (unpaired) electrons. The monoisotopic (exact) mass is 352 g/mol. The van der Waals surface area contributed by atoms with Crippen LogP contribution in [0.2, 0.25) is 0 Å². The summed E-state index contributed by atoms with van der Waals surface area (Å²) in [4.78, 5) is 25.7. The van der Waals surface area contributed by atoms with Crippen molar-refractivity contribution in [1.82, 2.24) is 5.32 Å². The molecule has 126 valence electrons. The van der Waals surface area contributed by atoms with Crippen LogP contribution >= 0.6 is 11.3 Å². The van der Waals surface area contributed by atoms with E-state index >= 15 is 0 Å². The number of hydrogen-bond donors (Lipinski definition) is 2. The zero-order chi connectivity index (χ0) is 17.6. The van der Waals surface area contributed by atoms with E-state index in [0.717, 1.165) is 10.4 Å². The zero-order valence-electron chi connectivity index (χ0n) is 13.5. The van der Waals surface area contributed by atoms with E-state index in [0.29, 0.717) is 5.69 Å². The van der Waals surface area contributed by atoms with E-state index in [1.807, 2.05) is 42.6 Å². The van der Waals surface area contributed by atoms with Gasteiger partial charge in [0.2, 0.25) is 0 Å². The molecule has 0 bridgehead atoms. The number of furan rings is 1. The molecule has 3 rings (SSSR count). The molecule has 3 aromatic rings. The molecule has 0 unspecified atom stereocenters. The summed E-state index contributed by atoms with van der Waals surface area (Å²) < 4.78 is 5.08. The fourth-order valence-electron chi connectivity index (χ4n) is 2.19. The van der Waals surface area contributed by atoms with Crippen molar-refractivity contribution in [3.05, 3.63) is 82.1 Å². The van der Waals surface area contributed by atoms with E-state index < -0.39 is 11.8 Å². The normalized spacial score (nSPS) is 11.2. The summed E-state index contributed by atoms with van der Waals surface area (Å²) in [5.74, 6) is -0.744. The van der Waals surface area contributed by atoms with Gasteiger partial charge in [-0.15, -0.1) is 11.3 Å². The highest BCUT2D eigenvalue weighted by Gasteiger charge is 2.16. The maximum absolute atomic E-state index is 12.6. The standard InChI is InChI=1S/C19H16N2O3S/c1-13-5-2-6-14(11-13)20-18(22)16(12-15-7-4-10-25-15)21-19(23)17-8-3-9-24-17/h2-12H,1H3,(H,20,22)(H,21,23). The van der Waals surface area contributed by atoms with Gasteiger partial charge in [0.15, 0.2) is 5.76 Å². The van der Waals surface area contributed by atoms with E-state index in [2.05, 4.69) is 10.6 Å². The summed E-state index contributed by atoms with van der Waals surface area (Å²) in [5.41, 5.74) is 1.83. The second kappa shape index (κ2) is 7.63. The molecule has 0 saturated heterocycles. The first kappa shape index (κ1) is 16.7. The van der Waals surface area contributed by atoms with Gasteiger partial charge in [0, 0.05) is 10.6 Å². The Labute approximate surface area is 149 Å². The molecule has 0 aliphatic rings. The second-order valence-corrected chi connectivity index (χ2v) is 6.31. The SMILES string of the molecule is Cc1cccc(NC(=O)C(=Cc2cccs2)NC(=O)c2ccco2)c1. The summed E-state index contributed by atoms with van der Waals surface area (Å²) in [6.45, 7) is 1.94. The lowest BCUT2D eigenvalue weighted by Gasteiger charge is -2.10. The van der Waals surface area contributed by atoms with Crippen molar-refractivity contribution in [2.24, 2.45) is 0 Å². The lowest BCUT2D eigenvalue weighted by Crippen LogP contribution is -2.30. The Balaban J connectivity index is 1.83. The minimum Gasteiger partial charge on any atom is -0.459 e. The van der Waals surface area contributed by atoms with Crippen LogP contribution in [0.4, 0.5) is 5.69 Å². The molecule has 0 saturated carbocycles. The molecule has 0 spiro atoms. The fourth-order valence-corrected chi connectivity index (χ4v) is 2.84. The molecule has 25 heavy (non-hydrogen) atoms. The van der Waals surface area contributed by atoms with Gasteiger partial charge >= 0.3 is 0 Å². The van der Waals surface area contributed by atoms with Crippen molar-refractivity contribution < 1.29 is 14.0 Å².